The summed E-state index contributed by atoms with van der Waals surface area (Å²) in [5.41, 5.74) is 1.75. The number of nitrogens with zero attached hydrogens (tertiary/aromatic N) is 1. The number of carbonyl (C=O) groups excluding carboxylic acids is 3. The number of alkyl halides is 1. The van der Waals surface area contributed by atoms with Crippen LogP contribution in [0.2, 0.25) is 0 Å². The average Bonchev–Trinajstić information content (AvgIpc) is 2.82. The zero-order valence-corrected chi connectivity index (χ0v) is 12.5. The van der Waals surface area contributed by atoms with Crippen LogP contribution in [0.3, 0.4) is 0 Å². The molecular weight excluding hydrogens is 297 g/mol. The molecule has 0 fully saturated rings. The number of imide groups is 1. The molecule has 0 aromatic heterocycles. The Bertz CT molecular complexity index is 765. The molecular formula is C18H14FNO3. The van der Waals surface area contributed by atoms with Crippen LogP contribution < -0.4 is 0 Å². The standard InChI is InChI=1S/C18H14FNO3/c1-12-6-8-13(9-7-12)10-18(19,11-21)20-16(22)14-4-2-3-5-15(14)17(20)23/h2-9,11H,10H2,1H3/t18-/m1/s1. The van der Waals surface area contributed by atoms with Gasteiger partial charge in [-0.15, -0.1) is 0 Å². The molecule has 0 N–H and O–H groups in total. The summed E-state index contributed by atoms with van der Waals surface area (Å²) in [6.45, 7) is 1.89. The van der Waals surface area contributed by atoms with Gasteiger partial charge in [0.2, 0.25) is 0 Å². The van der Waals surface area contributed by atoms with Crippen molar-refractivity contribution in [2.24, 2.45) is 0 Å². The van der Waals surface area contributed by atoms with Gasteiger partial charge in [0.05, 0.1) is 11.1 Å². The van der Waals surface area contributed by atoms with Gasteiger partial charge < -0.3 is 0 Å². The molecule has 2 amide bonds. The minimum Gasteiger partial charge on any atom is -0.298 e. The number of hydrogen-bond acceptors (Lipinski definition) is 3. The smallest absolute Gasteiger partial charge is 0.264 e. The lowest BCUT2D eigenvalue weighted by atomic mass is 10.0. The van der Waals surface area contributed by atoms with Gasteiger partial charge in [0, 0.05) is 6.42 Å². The molecule has 0 spiro atoms. The molecule has 23 heavy (non-hydrogen) atoms. The number of fused-ring (bicyclic) bond motifs is 1. The highest BCUT2D eigenvalue weighted by Gasteiger charge is 2.49. The van der Waals surface area contributed by atoms with Gasteiger partial charge in [0.1, 0.15) is 0 Å². The first-order valence-electron chi connectivity index (χ1n) is 7.15. The number of halogens is 1. The molecule has 5 heteroatoms. The number of carbonyl (C=O) groups is 3. The molecule has 0 saturated carbocycles. The van der Waals surface area contributed by atoms with Crippen molar-refractivity contribution in [1.29, 1.82) is 0 Å². The molecule has 4 nitrogen and oxygen atoms in total. The zero-order chi connectivity index (χ0) is 16.6. The molecule has 1 atom stereocenters. The van der Waals surface area contributed by atoms with E-state index in [0.29, 0.717) is 10.5 Å². The monoisotopic (exact) mass is 311 g/mol. The third kappa shape index (κ3) is 2.44. The van der Waals surface area contributed by atoms with Gasteiger partial charge in [0.15, 0.2) is 6.29 Å². The highest BCUT2D eigenvalue weighted by molar-refractivity contribution is 6.22. The number of benzene rings is 2. The maximum atomic E-state index is 15.2. The molecule has 0 bridgehead atoms. The average molecular weight is 311 g/mol. The third-order valence-corrected chi connectivity index (χ3v) is 3.92. The van der Waals surface area contributed by atoms with E-state index in [1.807, 2.05) is 6.92 Å². The summed E-state index contributed by atoms with van der Waals surface area (Å²) in [5, 5.41) is 0. The van der Waals surface area contributed by atoms with Gasteiger partial charge in [-0.2, -0.15) is 0 Å². The molecule has 1 heterocycles. The third-order valence-electron chi connectivity index (χ3n) is 3.92. The first-order chi connectivity index (χ1) is 11.0. The maximum absolute atomic E-state index is 15.2. The normalized spacial score (nSPS) is 16.2. The Balaban J connectivity index is 1.98. The zero-order valence-electron chi connectivity index (χ0n) is 12.5. The Morgan fingerprint density at radius 2 is 1.52 bits per heavy atom. The number of rotatable bonds is 4. The van der Waals surface area contributed by atoms with Gasteiger partial charge in [-0.1, -0.05) is 42.0 Å². The fraction of sp³-hybridized carbons (Fsp3) is 0.167. The number of aldehydes is 1. The summed E-state index contributed by atoms with van der Waals surface area (Å²) in [7, 11) is 0. The van der Waals surface area contributed by atoms with Crippen LogP contribution in [0.1, 0.15) is 31.8 Å². The highest BCUT2D eigenvalue weighted by atomic mass is 19.1. The van der Waals surface area contributed by atoms with Crippen LogP contribution in [0.25, 0.3) is 0 Å². The van der Waals surface area contributed by atoms with Gasteiger partial charge in [0.25, 0.3) is 17.6 Å². The fourth-order valence-corrected chi connectivity index (χ4v) is 2.69. The molecule has 0 unspecified atom stereocenters. The number of amides is 2. The van der Waals surface area contributed by atoms with E-state index in [0.717, 1.165) is 5.56 Å². The van der Waals surface area contributed by atoms with E-state index in [1.54, 1.807) is 36.4 Å². The second-order valence-electron chi connectivity index (χ2n) is 5.59. The van der Waals surface area contributed by atoms with Gasteiger partial charge in [-0.05, 0) is 24.6 Å². The molecule has 116 valence electrons. The summed E-state index contributed by atoms with van der Waals surface area (Å²) >= 11 is 0. The summed E-state index contributed by atoms with van der Waals surface area (Å²) in [5.74, 6) is -4.28. The number of hydrogen-bond donors (Lipinski definition) is 0. The number of aryl methyl sites for hydroxylation is 1. The molecule has 0 saturated heterocycles. The van der Waals surface area contributed by atoms with Crippen molar-refractivity contribution in [2.75, 3.05) is 0 Å². The van der Waals surface area contributed by atoms with Gasteiger partial charge in [-0.25, -0.2) is 9.29 Å². The summed E-state index contributed by atoms with van der Waals surface area (Å²) < 4.78 is 15.2. The predicted octanol–water partition coefficient (Wildman–Crippen LogP) is 2.70. The second kappa shape index (κ2) is 5.43. The lowest BCUT2D eigenvalue weighted by Gasteiger charge is -2.28. The van der Waals surface area contributed by atoms with Crippen molar-refractivity contribution < 1.29 is 18.8 Å². The van der Waals surface area contributed by atoms with E-state index in [4.69, 9.17) is 0 Å². The van der Waals surface area contributed by atoms with Gasteiger partial charge in [-0.3, -0.25) is 14.4 Å². The molecule has 3 rings (SSSR count). The van der Waals surface area contributed by atoms with Crippen LogP contribution in [-0.4, -0.2) is 28.8 Å². The minimum absolute atomic E-state index is 0.0224. The topological polar surface area (TPSA) is 54.5 Å². The Morgan fingerprint density at radius 3 is 2.00 bits per heavy atom. The highest BCUT2D eigenvalue weighted by Crippen LogP contribution is 2.31. The van der Waals surface area contributed by atoms with Crippen LogP contribution in [0.4, 0.5) is 4.39 Å². The molecule has 1 aliphatic rings. The van der Waals surface area contributed by atoms with E-state index in [1.165, 1.54) is 12.1 Å². The molecule has 2 aromatic carbocycles. The van der Waals surface area contributed by atoms with E-state index in [-0.39, 0.29) is 23.8 Å². The van der Waals surface area contributed by atoms with Crippen molar-refractivity contribution in [1.82, 2.24) is 4.90 Å². The molecule has 2 aromatic rings. The van der Waals surface area contributed by atoms with E-state index in [9.17, 15) is 14.4 Å². The van der Waals surface area contributed by atoms with E-state index in [2.05, 4.69) is 0 Å². The Kier molecular flexibility index (Phi) is 3.56. The Labute approximate surface area is 132 Å². The summed E-state index contributed by atoms with van der Waals surface area (Å²) in [6.07, 6.45) is -0.350. The first-order valence-corrected chi connectivity index (χ1v) is 7.15. The summed E-state index contributed by atoms with van der Waals surface area (Å²) in [4.78, 5) is 36.6. The quantitative estimate of drug-likeness (QED) is 0.495. The van der Waals surface area contributed by atoms with Crippen LogP contribution >= 0.6 is 0 Å². The lowest BCUT2D eigenvalue weighted by molar-refractivity contribution is -0.125. The van der Waals surface area contributed by atoms with Crippen LogP contribution in [0.15, 0.2) is 48.5 Å². The van der Waals surface area contributed by atoms with Crippen LogP contribution in [0.5, 0.6) is 0 Å². The van der Waals surface area contributed by atoms with Crippen molar-refractivity contribution >= 4 is 18.1 Å². The minimum atomic E-state index is -2.71. The van der Waals surface area contributed by atoms with Crippen molar-refractivity contribution in [3.63, 3.8) is 0 Å². The van der Waals surface area contributed by atoms with Crippen molar-refractivity contribution in [2.45, 2.75) is 19.1 Å². The van der Waals surface area contributed by atoms with Crippen molar-refractivity contribution in [3.8, 4) is 0 Å². The molecule has 0 radical (unpaired) electrons. The second-order valence-corrected chi connectivity index (χ2v) is 5.59. The van der Waals surface area contributed by atoms with Gasteiger partial charge >= 0.3 is 0 Å². The van der Waals surface area contributed by atoms with E-state index < -0.39 is 17.6 Å². The Hall–Kier alpha value is -2.82. The van der Waals surface area contributed by atoms with Crippen LogP contribution in [0, 0.1) is 6.92 Å². The van der Waals surface area contributed by atoms with Crippen molar-refractivity contribution in [3.05, 3.63) is 70.8 Å². The largest absolute Gasteiger partial charge is 0.298 e. The lowest BCUT2D eigenvalue weighted by Crippen LogP contribution is -2.51. The Morgan fingerprint density at radius 1 is 1.00 bits per heavy atom. The predicted molar refractivity (Wildman–Crippen MR) is 81.7 cm³/mol. The SMILES string of the molecule is Cc1ccc(C[C@](F)(C=O)N2C(=O)c3ccccc3C2=O)cc1. The summed E-state index contributed by atoms with van der Waals surface area (Å²) in [6, 6.07) is 13.0. The maximum Gasteiger partial charge on any atom is 0.264 e. The van der Waals surface area contributed by atoms with E-state index >= 15 is 4.39 Å². The van der Waals surface area contributed by atoms with Crippen LogP contribution in [-0.2, 0) is 11.2 Å². The first kappa shape index (κ1) is 15.1. The molecule has 0 aliphatic carbocycles. The fourth-order valence-electron chi connectivity index (χ4n) is 2.69. The molecule has 1 aliphatic heterocycles.